The van der Waals surface area contributed by atoms with Crippen LogP contribution in [-0.4, -0.2) is 62.8 Å². The second-order valence-corrected chi connectivity index (χ2v) is 5.08. The lowest BCUT2D eigenvalue weighted by Crippen LogP contribution is -2.37. The summed E-state index contributed by atoms with van der Waals surface area (Å²) in [4.78, 5) is 4.95. The summed E-state index contributed by atoms with van der Waals surface area (Å²) in [5.41, 5.74) is 1.62. The van der Waals surface area contributed by atoms with Gasteiger partial charge in [-0.25, -0.2) is 0 Å². The summed E-state index contributed by atoms with van der Waals surface area (Å²) in [7, 11) is 2.23. The molecule has 0 aromatic carbocycles. The highest BCUT2D eigenvalue weighted by molar-refractivity contribution is 5.28. The highest BCUT2D eigenvalue weighted by Crippen LogP contribution is 2.27. The maximum absolute atomic E-state index is 5.34. The number of rotatable bonds is 6. The lowest BCUT2D eigenvalue weighted by Gasteiger charge is -2.27. The quantitative estimate of drug-likeness (QED) is 0.631. The molecule has 0 radical (unpaired) electrons. The minimum atomic E-state index is 0.779. The average Bonchev–Trinajstić information content (AvgIpc) is 2.95. The molecule has 0 bridgehead atoms. The van der Waals surface area contributed by atoms with Crippen LogP contribution in [0.2, 0.25) is 0 Å². The molecule has 3 heteroatoms. The smallest absolute Gasteiger partial charge is 0.0594 e. The third-order valence-electron chi connectivity index (χ3n) is 3.51. The van der Waals surface area contributed by atoms with Gasteiger partial charge >= 0.3 is 0 Å². The summed E-state index contributed by atoms with van der Waals surface area (Å²) in [6.07, 6.45) is 3.64. The Morgan fingerprint density at radius 3 is 2.75 bits per heavy atom. The van der Waals surface area contributed by atoms with Gasteiger partial charge in [0.15, 0.2) is 0 Å². The van der Waals surface area contributed by atoms with Gasteiger partial charge in [0.25, 0.3) is 0 Å². The third-order valence-corrected chi connectivity index (χ3v) is 3.51. The maximum Gasteiger partial charge on any atom is 0.0594 e. The monoisotopic (exact) mass is 224 g/mol. The van der Waals surface area contributed by atoms with E-state index >= 15 is 0 Å². The Hall–Kier alpha value is -0.380. The molecule has 92 valence electrons. The summed E-state index contributed by atoms with van der Waals surface area (Å²) >= 11 is 0. The second kappa shape index (κ2) is 5.80. The number of hydrogen-bond acceptors (Lipinski definition) is 3. The summed E-state index contributed by atoms with van der Waals surface area (Å²) in [6, 6.07) is 0. The molecule has 1 fully saturated rings. The van der Waals surface area contributed by atoms with Crippen molar-refractivity contribution in [3.05, 3.63) is 11.6 Å². The molecule has 2 rings (SSSR count). The van der Waals surface area contributed by atoms with Gasteiger partial charge in [0, 0.05) is 19.6 Å². The third kappa shape index (κ3) is 3.89. The van der Waals surface area contributed by atoms with Crippen molar-refractivity contribution in [2.75, 3.05) is 53.0 Å². The highest BCUT2D eigenvalue weighted by Gasteiger charge is 2.19. The molecule has 0 spiro atoms. The van der Waals surface area contributed by atoms with E-state index in [1.54, 1.807) is 5.57 Å². The number of likely N-dealkylation sites (N-methyl/N-ethyl adjacent to an activating group) is 1. The van der Waals surface area contributed by atoms with Crippen LogP contribution >= 0.6 is 0 Å². The van der Waals surface area contributed by atoms with Crippen LogP contribution in [0.25, 0.3) is 0 Å². The standard InChI is InChI=1S/C13H24N2O/c1-12-10-13(12)11-14(2)4-3-5-15-6-8-16-9-7-15/h10,12H,3-9,11H2,1-2H3. The lowest BCUT2D eigenvalue weighted by atomic mass is 10.3. The predicted molar refractivity (Wildman–Crippen MR) is 66.6 cm³/mol. The van der Waals surface area contributed by atoms with Crippen molar-refractivity contribution in [3.63, 3.8) is 0 Å². The van der Waals surface area contributed by atoms with E-state index in [0.29, 0.717) is 0 Å². The molecule has 0 amide bonds. The number of ether oxygens (including phenoxy) is 1. The van der Waals surface area contributed by atoms with E-state index in [4.69, 9.17) is 4.74 Å². The molecule has 3 nitrogen and oxygen atoms in total. The molecular weight excluding hydrogens is 200 g/mol. The highest BCUT2D eigenvalue weighted by atomic mass is 16.5. The fraction of sp³-hybridized carbons (Fsp3) is 0.846. The topological polar surface area (TPSA) is 15.7 Å². The van der Waals surface area contributed by atoms with Crippen LogP contribution < -0.4 is 0 Å². The predicted octanol–water partition coefficient (Wildman–Crippen LogP) is 1.22. The average molecular weight is 224 g/mol. The maximum atomic E-state index is 5.34. The van der Waals surface area contributed by atoms with E-state index in [1.165, 1.54) is 26.1 Å². The van der Waals surface area contributed by atoms with Gasteiger partial charge in [0.1, 0.15) is 0 Å². The van der Waals surface area contributed by atoms with Crippen LogP contribution in [-0.2, 0) is 4.74 Å². The van der Waals surface area contributed by atoms with E-state index in [-0.39, 0.29) is 0 Å². The Morgan fingerprint density at radius 2 is 2.12 bits per heavy atom. The van der Waals surface area contributed by atoms with E-state index in [0.717, 1.165) is 32.2 Å². The Balaban J connectivity index is 1.51. The first-order valence-electron chi connectivity index (χ1n) is 6.45. The first kappa shape index (κ1) is 12.1. The Kier molecular flexibility index (Phi) is 4.38. The minimum Gasteiger partial charge on any atom is -0.379 e. The summed E-state index contributed by atoms with van der Waals surface area (Å²) in [5, 5.41) is 0. The van der Waals surface area contributed by atoms with Crippen molar-refractivity contribution in [2.45, 2.75) is 13.3 Å². The molecule has 1 heterocycles. The van der Waals surface area contributed by atoms with Crippen molar-refractivity contribution in [1.82, 2.24) is 9.80 Å². The summed E-state index contributed by atoms with van der Waals surface area (Å²) < 4.78 is 5.34. The molecular formula is C13H24N2O. The molecule has 1 atom stereocenters. The SMILES string of the molecule is CC1C=C1CN(C)CCCN1CCOCC1. The molecule has 2 aliphatic rings. The number of allylic oxidation sites excluding steroid dienone is 1. The molecule has 1 saturated heterocycles. The van der Waals surface area contributed by atoms with Crippen LogP contribution in [0.1, 0.15) is 13.3 Å². The van der Waals surface area contributed by atoms with Crippen molar-refractivity contribution in [3.8, 4) is 0 Å². The van der Waals surface area contributed by atoms with E-state index in [9.17, 15) is 0 Å². The lowest BCUT2D eigenvalue weighted by molar-refractivity contribution is 0.0365. The molecule has 1 aliphatic carbocycles. The van der Waals surface area contributed by atoms with Crippen molar-refractivity contribution in [1.29, 1.82) is 0 Å². The second-order valence-electron chi connectivity index (χ2n) is 5.08. The van der Waals surface area contributed by atoms with Crippen molar-refractivity contribution in [2.24, 2.45) is 5.92 Å². The van der Waals surface area contributed by atoms with Crippen molar-refractivity contribution >= 4 is 0 Å². The van der Waals surface area contributed by atoms with Gasteiger partial charge in [-0.3, -0.25) is 4.90 Å². The van der Waals surface area contributed by atoms with Crippen LogP contribution in [0.15, 0.2) is 11.6 Å². The van der Waals surface area contributed by atoms with Gasteiger partial charge in [-0.1, -0.05) is 18.6 Å². The summed E-state index contributed by atoms with van der Waals surface area (Å²) in [6.45, 7) is 9.95. The Bertz CT molecular complexity index is 246. The van der Waals surface area contributed by atoms with Gasteiger partial charge in [-0.05, 0) is 32.5 Å². The van der Waals surface area contributed by atoms with Gasteiger partial charge in [0.2, 0.25) is 0 Å². The normalized spacial score (nSPS) is 25.9. The van der Waals surface area contributed by atoms with Gasteiger partial charge in [0.05, 0.1) is 13.2 Å². The molecule has 1 aliphatic heterocycles. The Morgan fingerprint density at radius 1 is 1.44 bits per heavy atom. The van der Waals surface area contributed by atoms with E-state index < -0.39 is 0 Å². The van der Waals surface area contributed by atoms with Crippen LogP contribution in [0.4, 0.5) is 0 Å². The first-order chi connectivity index (χ1) is 7.75. The zero-order valence-corrected chi connectivity index (χ0v) is 10.6. The molecule has 0 aromatic rings. The van der Waals surface area contributed by atoms with Gasteiger partial charge in [-0.2, -0.15) is 0 Å². The van der Waals surface area contributed by atoms with Crippen molar-refractivity contribution < 1.29 is 4.74 Å². The minimum absolute atomic E-state index is 0.779. The number of morpholine rings is 1. The summed E-state index contributed by atoms with van der Waals surface area (Å²) in [5.74, 6) is 0.779. The first-order valence-corrected chi connectivity index (χ1v) is 6.45. The molecule has 0 aromatic heterocycles. The molecule has 0 N–H and O–H groups in total. The fourth-order valence-corrected chi connectivity index (χ4v) is 2.25. The van der Waals surface area contributed by atoms with Gasteiger partial charge in [-0.15, -0.1) is 0 Å². The molecule has 0 saturated carbocycles. The number of hydrogen-bond donors (Lipinski definition) is 0. The number of nitrogens with zero attached hydrogens (tertiary/aromatic N) is 2. The molecule has 16 heavy (non-hydrogen) atoms. The van der Waals surface area contributed by atoms with Crippen LogP contribution in [0.5, 0.6) is 0 Å². The van der Waals surface area contributed by atoms with Gasteiger partial charge < -0.3 is 9.64 Å². The van der Waals surface area contributed by atoms with Crippen LogP contribution in [0, 0.1) is 5.92 Å². The Labute approximate surface area is 99.1 Å². The van der Waals surface area contributed by atoms with E-state index in [1.807, 2.05) is 0 Å². The zero-order chi connectivity index (χ0) is 11.4. The molecule has 1 unspecified atom stereocenters. The van der Waals surface area contributed by atoms with E-state index in [2.05, 4.69) is 29.8 Å². The van der Waals surface area contributed by atoms with Crippen LogP contribution in [0.3, 0.4) is 0 Å². The largest absolute Gasteiger partial charge is 0.379 e. The fourth-order valence-electron chi connectivity index (χ4n) is 2.25. The zero-order valence-electron chi connectivity index (χ0n) is 10.6.